The number of thioether (sulfide) groups is 1. The van der Waals surface area contributed by atoms with Crippen LogP contribution in [0.15, 0.2) is 12.7 Å². The van der Waals surface area contributed by atoms with Crippen molar-refractivity contribution < 1.29 is 14.7 Å². The Bertz CT molecular complexity index is 732. The third-order valence-electron chi connectivity index (χ3n) is 3.40. The number of fused-ring (bicyclic) bond motifs is 1. The van der Waals surface area contributed by atoms with Crippen LogP contribution >= 0.6 is 11.8 Å². The highest BCUT2D eigenvalue weighted by Crippen LogP contribution is 2.30. The number of carbonyl (C=O) groups excluding carboxylic acids is 2. The lowest BCUT2D eigenvalue weighted by Crippen LogP contribution is -2.26. The number of aromatic nitrogens is 4. The minimum Gasteiger partial charge on any atom is -0.395 e. The molecule has 1 aliphatic heterocycles. The van der Waals surface area contributed by atoms with E-state index in [0.29, 0.717) is 36.5 Å². The molecule has 1 unspecified atom stereocenters. The van der Waals surface area contributed by atoms with E-state index in [4.69, 9.17) is 5.11 Å². The van der Waals surface area contributed by atoms with Gasteiger partial charge in [-0.2, -0.15) is 0 Å². The molecular weight excluding hydrogens is 306 g/mol. The quantitative estimate of drug-likeness (QED) is 0.858. The van der Waals surface area contributed by atoms with Gasteiger partial charge in [-0.25, -0.2) is 15.0 Å². The Balaban J connectivity index is 1.93. The second-order valence-electron chi connectivity index (χ2n) is 4.97. The highest BCUT2D eigenvalue weighted by atomic mass is 32.2. The maximum absolute atomic E-state index is 12.2. The Kier molecular flexibility index (Phi) is 4.08. The fraction of sp³-hybridized carbons (Fsp3) is 0.462. The van der Waals surface area contributed by atoms with Crippen molar-refractivity contribution >= 4 is 39.8 Å². The molecule has 0 aromatic carbocycles. The molecule has 1 N–H and O–H groups in total. The topological polar surface area (TPSA) is 101 Å². The number of nitrogens with zero attached hydrogens (tertiary/aromatic N) is 5. The van der Waals surface area contributed by atoms with Crippen LogP contribution in [0.1, 0.15) is 13.3 Å². The normalized spacial score (nSPS) is 18.4. The molecule has 0 radical (unpaired) electrons. The Morgan fingerprint density at radius 3 is 3.00 bits per heavy atom. The van der Waals surface area contributed by atoms with Crippen molar-refractivity contribution in [3.63, 3.8) is 0 Å². The SMILES string of the molecule is CC(=O)SC1CC(=O)N(c2ncnc3c2ncn3CCO)C1. The third-order valence-corrected chi connectivity index (χ3v) is 4.38. The van der Waals surface area contributed by atoms with E-state index in [9.17, 15) is 9.59 Å². The van der Waals surface area contributed by atoms with Crippen LogP contribution in [0, 0.1) is 0 Å². The molecule has 1 aliphatic rings. The zero-order valence-electron chi connectivity index (χ0n) is 12.0. The van der Waals surface area contributed by atoms with Crippen molar-refractivity contribution in [1.82, 2.24) is 19.5 Å². The lowest BCUT2D eigenvalue weighted by Gasteiger charge is -2.15. The van der Waals surface area contributed by atoms with E-state index in [1.807, 2.05) is 0 Å². The van der Waals surface area contributed by atoms with Crippen LogP contribution in [0.25, 0.3) is 11.2 Å². The first kappa shape index (κ1) is 14.9. The van der Waals surface area contributed by atoms with Gasteiger partial charge in [0.1, 0.15) is 6.33 Å². The van der Waals surface area contributed by atoms with Gasteiger partial charge >= 0.3 is 0 Å². The van der Waals surface area contributed by atoms with Crippen LogP contribution in [0.2, 0.25) is 0 Å². The van der Waals surface area contributed by atoms with Crippen molar-refractivity contribution in [3.05, 3.63) is 12.7 Å². The number of anilines is 1. The van der Waals surface area contributed by atoms with Gasteiger partial charge in [-0.1, -0.05) is 11.8 Å². The summed E-state index contributed by atoms with van der Waals surface area (Å²) in [6.45, 7) is 2.29. The molecule has 22 heavy (non-hydrogen) atoms. The highest BCUT2D eigenvalue weighted by molar-refractivity contribution is 8.14. The van der Waals surface area contributed by atoms with E-state index < -0.39 is 0 Å². The van der Waals surface area contributed by atoms with Gasteiger partial charge in [0, 0.05) is 31.7 Å². The molecule has 116 valence electrons. The number of aliphatic hydroxyl groups excluding tert-OH is 1. The first-order valence-electron chi connectivity index (χ1n) is 6.84. The summed E-state index contributed by atoms with van der Waals surface area (Å²) in [4.78, 5) is 37.6. The lowest BCUT2D eigenvalue weighted by atomic mass is 10.4. The Morgan fingerprint density at radius 2 is 2.27 bits per heavy atom. The van der Waals surface area contributed by atoms with E-state index >= 15 is 0 Å². The number of hydrogen-bond donors (Lipinski definition) is 1. The number of rotatable bonds is 4. The second kappa shape index (κ2) is 6.01. The lowest BCUT2D eigenvalue weighted by molar-refractivity contribution is -0.117. The van der Waals surface area contributed by atoms with Crippen LogP contribution in [-0.2, 0) is 16.1 Å². The van der Waals surface area contributed by atoms with Gasteiger partial charge in [0.15, 0.2) is 22.1 Å². The molecular formula is C13H15N5O3S. The van der Waals surface area contributed by atoms with Gasteiger partial charge in [0.25, 0.3) is 0 Å². The van der Waals surface area contributed by atoms with Crippen molar-refractivity contribution in [2.75, 3.05) is 18.1 Å². The summed E-state index contributed by atoms with van der Waals surface area (Å²) in [5.74, 6) is 0.383. The van der Waals surface area contributed by atoms with Gasteiger partial charge in [0.05, 0.1) is 12.9 Å². The van der Waals surface area contributed by atoms with Crippen LogP contribution in [0.4, 0.5) is 5.82 Å². The Morgan fingerprint density at radius 1 is 1.45 bits per heavy atom. The second-order valence-corrected chi connectivity index (χ2v) is 6.45. The molecule has 2 aromatic rings. The fourth-order valence-corrected chi connectivity index (χ4v) is 3.45. The molecule has 0 spiro atoms. The standard InChI is InChI=1S/C13H15N5O3S/c1-8(20)22-9-4-10(21)18(5-9)13-11-12(14-6-15-13)17(2-3-19)7-16-11/h6-7,9,19H,2-5H2,1H3. The molecule has 8 nitrogen and oxygen atoms in total. The van der Waals surface area contributed by atoms with Crippen LogP contribution < -0.4 is 4.90 Å². The number of amides is 1. The zero-order valence-corrected chi connectivity index (χ0v) is 12.8. The number of carbonyl (C=O) groups is 2. The van der Waals surface area contributed by atoms with Crippen molar-refractivity contribution in [3.8, 4) is 0 Å². The van der Waals surface area contributed by atoms with Crippen molar-refractivity contribution in [2.24, 2.45) is 0 Å². The number of hydrogen-bond acceptors (Lipinski definition) is 7. The van der Waals surface area contributed by atoms with Gasteiger partial charge in [-0.05, 0) is 0 Å². The van der Waals surface area contributed by atoms with Crippen LogP contribution in [0.5, 0.6) is 0 Å². The Hall–Kier alpha value is -2.00. The molecule has 1 atom stereocenters. The molecule has 3 rings (SSSR count). The van der Waals surface area contributed by atoms with Gasteiger partial charge in [-0.3, -0.25) is 14.5 Å². The van der Waals surface area contributed by atoms with Gasteiger partial charge in [-0.15, -0.1) is 0 Å². The fourth-order valence-electron chi connectivity index (χ4n) is 2.53. The summed E-state index contributed by atoms with van der Waals surface area (Å²) < 4.78 is 1.71. The molecule has 1 amide bonds. The monoisotopic (exact) mass is 321 g/mol. The number of aliphatic hydroxyl groups is 1. The summed E-state index contributed by atoms with van der Waals surface area (Å²) in [5, 5.41) is 8.99. The van der Waals surface area contributed by atoms with E-state index in [1.54, 1.807) is 15.8 Å². The third kappa shape index (κ3) is 2.69. The highest BCUT2D eigenvalue weighted by Gasteiger charge is 2.34. The van der Waals surface area contributed by atoms with E-state index in [2.05, 4.69) is 15.0 Å². The summed E-state index contributed by atoms with van der Waals surface area (Å²) >= 11 is 1.18. The van der Waals surface area contributed by atoms with E-state index in [0.717, 1.165) is 0 Å². The van der Waals surface area contributed by atoms with Crippen LogP contribution in [-0.4, -0.2) is 54.0 Å². The summed E-state index contributed by atoms with van der Waals surface area (Å²) in [7, 11) is 0. The summed E-state index contributed by atoms with van der Waals surface area (Å²) in [6, 6.07) is 0. The number of imidazole rings is 1. The molecule has 9 heteroatoms. The van der Waals surface area contributed by atoms with E-state index in [-0.39, 0.29) is 22.9 Å². The average Bonchev–Trinajstić information content (AvgIpc) is 3.03. The average molecular weight is 321 g/mol. The van der Waals surface area contributed by atoms with Gasteiger partial charge in [0.2, 0.25) is 5.91 Å². The molecule has 1 saturated heterocycles. The first-order valence-corrected chi connectivity index (χ1v) is 7.72. The maximum Gasteiger partial charge on any atom is 0.229 e. The summed E-state index contributed by atoms with van der Waals surface area (Å²) in [6.07, 6.45) is 3.26. The summed E-state index contributed by atoms with van der Waals surface area (Å²) in [5.41, 5.74) is 1.10. The van der Waals surface area contributed by atoms with E-state index in [1.165, 1.54) is 25.0 Å². The maximum atomic E-state index is 12.2. The predicted octanol–water partition coefficient (Wildman–Crippen LogP) is 0.204. The smallest absolute Gasteiger partial charge is 0.229 e. The van der Waals surface area contributed by atoms with Crippen molar-refractivity contribution in [2.45, 2.75) is 25.1 Å². The molecule has 2 aromatic heterocycles. The zero-order chi connectivity index (χ0) is 15.7. The van der Waals surface area contributed by atoms with Crippen LogP contribution in [0.3, 0.4) is 0 Å². The molecule has 0 bridgehead atoms. The molecule has 1 fully saturated rings. The molecule has 0 aliphatic carbocycles. The van der Waals surface area contributed by atoms with Gasteiger partial charge < -0.3 is 9.67 Å². The largest absolute Gasteiger partial charge is 0.395 e. The minimum absolute atomic E-state index is 0.000270. The molecule has 3 heterocycles. The predicted molar refractivity (Wildman–Crippen MR) is 81.4 cm³/mol. The Labute approximate surface area is 130 Å². The van der Waals surface area contributed by atoms with Crippen molar-refractivity contribution in [1.29, 1.82) is 0 Å². The molecule has 0 saturated carbocycles. The first-order chi connectivity index (χ1) is 10.6. The minimum atomic E-state index is -0.0736.